The van der Waals surface area contributed by atoms with Crippen molar-refractivity contribution in [1.29, 1.82) is 0 Å². The minimum absolute atomic E-state index is 0.133. The lowest BCUT2D eigenvalue weighted by molar-refractivity contribution is 0.0953. The molecule has 176 valence electrons. The second kappa shape index (κ2) is 11.2. The van der Waals surface area contributed by atoms with Crippen molar-refractivity contribution in [2.24, 2.45) is 0 Å². The van der Waals surface area contributed by atoms with Crippen molar-refractivity contribution in [1.82, 2.24) is 14.9 Å². The summed E-state index contributed by atoms with van der Waals surface area (Å²) in [5.41, 5.74) is 2.59. The Labute approximate surface area is 199 Å². The highest BCUT2D eigenvalue weighted by atomic mass is 16.5. The zero-order valence-corrected chi connectivity index (χ0v) is 19.5. The third-order valence-corrected chi connectivity index (χ3v) is 5.55. The standard InChI is InChI=1S/C27H29N3O4/c1-32-21-10-7-9-20(19-21)27(31)28-16-15-26-29-22-11-3-4-12-23(22)30(26)17-8-18-34-25-14-6-5-13-24(25)33-2/h3-7,9-14,19H,8,15-18H2,1-2H3,(H,28,31). The lowest BCUT2D eigenvalue weighted by Crippen LogP contribution is -2.26. The van der Waals surface area contributed by atoms with E-state index < -0.39 is 0 Å². The van der Waals surface area contributed by atoms with Crippen molar-refractivity contribution in [2.75, 3.05) is 27.4 Å². The number of methoxy groups -OCH3 is 2. The van der Waals surface area contributed by atoms with Gasteiger partial charge in [0, 0.05) is 25.1 Å². The van der Waals surface area contributed by atoms with Crippen LogP contribution in [0.3, 0.4) is 0 Å². The van der Waals surface area contributed by atoms with Crippen LogP contribution >= 0.6 is 0 Å². The fourth-order valence-electron chi connectivity index (χ4n) is 3.86. The molecule has 0 spiro atoms. The number of ether oxygens (including phenoxy) is 3. The third-order valence-electron chi connectivity index (χ3n) is 5.55. The summed E-state index contributed by atoms with van der Waals surface area (Å²) in [5.74, 6) is 2.92. The quantitative estimate of drug-likeness (QED) is 0.335. The van der Waals surface area contributed by atoms with Crippen molar-refractivity contribution in [3.63, 3.8) is 0 Å². The molecule has 4 aromatic rings. The number of para-hydroxylation sites is 4. The van der Waals surface area contributed by atoms with Gasteiger partial charge in [-0.1, -0.05) is 30.3 Å². The van der Waals surface area contributed by atoms with E-state index in [9.17, 15) is 4.79 Å². The number of hydrogen-bond acceptors (Lipinski definition) is 5. The first-order chi connectivity index (χ1) is 16.7. The number of aryl methyl sites for hydroxylation is 1. The van der Waals surface area contributed by atoms with E-state index in [2.05, 4.69) is 16.0 Å². The topological polar surface area (TPSA) is 74.6 Å². The molecule has 0 saturated carbocycles. The Hall–Kier alpha value is -4.00. The largest absolute Gasteiger partial charge is 0.497 e. The van der Waals surface area contributed by atoms with Gasteiger partial charge in [-0.05, 0) is 48.9 Å². The highest BCUT2D eigenvalue weighted by molar-refractivity contribution is 5.94. The van der Waals surface area contributed by atoms with E-state index >= 15 is 0 Å². The second-order valence-electron chi connectivity index (χ2n) is 7.76. The van der Waals surface area contributed by atoms with E-state index in [0.29, 0.717) is 30.9 Å². The second-order valence-corrected chi connectivity index (χ2v) is 7.76. The number of carbonyl (C=O) groups is 1. The summed E-state index contributed by atoms with van der Waals surface area (Å²) in [6, 6.07) is 22.8. The van der Waals surface area contributed by atoms with Crippen LogP contribution < -0.4 is 19.5 Å². The van der Waals surface area contributed by atoms with Crippen molar-refractivity contribution in [2.45, 2.75) is 19.4 Å². The fraction of sp³-hybridized carbons (Fsp3) is 0.259. The molecule has 34 heavy (non-hydrogen) atoms. The van der Waals surface area contributed by atoms with Gasteiger partial charge in [0.25, 0.3) is 5.91 Å². The number of rotatable bonds is 11. The molecular weight excluding hydrogens is 430 g/mol. The first kappa shape index (κ1) is 23.2. The van der Waals surface area contributed by atoms with Gasteiger partial charge in [0.05, 0.1) is 31.9 Å². The van der Waals surface area contributed by atoms with Gasteiger partial charge in [-0.25, -0.2) is 4.98 Å². The van der Waals surface area contributed by atoms with Crippen LogP contribution in [0.4, 0.5) is 0 Å². The summed E-state index contributed by atoms with van der Waals surface area (Å²) in [7, 11) is 3.22. The van der Waals surface area contributed by atoms with Crippen LogP contribution in [0.5, 0.6) is 17.2 Å². The molecule has 7 nitrogen and oxygen atoms in total. The number of aromatic nitrogens is 2. The molecule has 1 amide bonds. The number of amides is 1. The summed E-state index contributed by atoms with van der Waals surface area (Å²) < 4.78 is 18.7. The molecule has 0 saturated heterocycles. The maximum absolute atomic E-state index is 12.5. The lowest BCUT2D eigenvalue weighted by atomic mass is 10.2. The average molecular weight is 460 g/mol. The van der Waals surface area contributed by atoms with Gasteiger partial charge < -0.3 is 24.1 Å². The van der Waals surface area contributed by atoms with Crippen LogP contribution in [-0.2, 0) is 13.0 Å². The molecule has 0 bridgehead atoms. The molecule has 0 aliphatic carbocycles. The summed E-state index contributed by atoms with van der Waals surface area (Å²) in [4.78, 5) is 17.3. The van der Waals surface area contributed by atoms with Crippen LogP contribution in [0, 0.1) is 0 Å². The molecule has 0 unspecified atom stereocenters. The molecule has 1 heterocycles. The van der Waals surface area contributed by atoms with E-state index in [4.69, 9.17) is 19.2 Å². The van der Waals surface area contributed by atoms with Crippen molar-refractivity contribution in [3.8, 4) is 17.2 Å². The molecule has 0 atom stereocenters. The first-order valence-electron chi connectivity index (χ1n) is 11.3. The van der Waals surface area contributed by atoms with E-state index in [1.54, 1.807) is 32.4 Å². The molecule has 1 N–H and O–H groups in total. The van der Waals surface area contributed by atoms with Crippen molar-refractivity contribution < 1.29 is 19.0 Å². The zero-order valence-electron chi connectivity index (χ0n) is 19.5. The molecule has 0 aliphatic rings. The molecule has 0 radical (unpaired) electrons. The molecule has 3 aromatic carbocycles. The molecule has 4 rings (SSSR count). The molecule has 1 aromatic heterocycles. The van der Waals surface area contributed by atoms with Crippen LogP contribution in [0.2, 0.25) is 0 Å². The Morgan fingerprint density at radius 2 is 1.74 bits per heavy atom. The SMILES string of the molecule is COc1cccc(C(=O)NCCc2nc3ccccc3n2CCCOc2ccccc2OC)c1. The summed E-state index contributed by atoms with van der Waals surface area (Å²) in [5, 5.41) is 2.99. The predicted molar refractivity (Wildman–Crippen MR) is 132 cm³/mol. The van der Waals surface area contributed by atoms with Gasteiger partial charge in [0.1, 0.15) is 11.6 Å². The number of carbonyl (C=O) groups excluding carboxylic acids is 1. The van der Waals surface area contributed by atoms with Gasteiger partial charge in [-0.3, -0.25) is 4.79 Å². The fourth-order valence-corrected chi connectivity index (χ4v) is 3.86. The third kappa shape index (κ3) is 5.49. The van der Waals surface area contributed by atoms with Crippen LogP contribution in [0.25, 0.3) is 11.0 Å². The van der Waals surface area contributed by atoms with E-state index in [1.807, 2.05) is 48.5 Å². The normalized spacial score (nSPS) is 10.8. The molecule has 7 heteroatoms. The monoisotopic (exact) mass is 459 g/mol. The Kier molecular flexibility index (Phi) is 7.65. The lowest BCUT2D eigenvalue weighted by Gasteiger charge is -2.12. The summed E-state index contributed by atoms with van der Waals surface area (Å²) in [6.45, 7) is 1.80. The van der Waals surface area contributed by atoms with Crippen LogP contribution in [-0.4, -0.2) is 42.8 Å². The number of benzene rings is 3. The van der Waals surface area contributed by atoms with Gasteiger partial charge in [0.2, 0.25) is 0 Å². The van der Waals surface area contributed by atoms with Gasteiger partial charge in [-0.15, -0.1) is 0 Å². The summed E-state index contributed by atoms with van der Waals surface area (Å²) >= 11 is 0. The van der Waals surface area contributed by atoms with E-state index in [0.717, 1.165) is 41.3 Å². The highest BCUT2D eigenvalue weighted by Gasteiger charge is 2.12. The van der Waals surface area contributed by atoms with E-state index in [1.165, 1.54) is 0 Å². The molecule has 0 fully saturated rings. The van der Waals surface area contributed by atoms with Gasteiger partial charge in [-0.2, -0.15) is 0 Å². The predicted octanol–water partition coefficient (Wildman–Crippen LogP) is 4.50. The molecule has 0 aliphatic heterocycles. The number of hydrogen-bond donors (Lipinski definition) is 1. The first-order valence-corrected chi connectivity index (χ1v) is 11.3. The minimum Gasteiger partial charge on any atom is -0.497 e. The number of nitrogens with one attached hydrogen (secondary N) is 1. The van der Waals surface area contributed by atoms with Gasteiger partial charge in [0.15, 0.2) is 11.5 Å². The zero-order chi connectivity index (χ0) is 23.8. The molecular formula is C27H29N3O4. The van der Waals surface area contributed by atoms with Crippen molar-refractivity contribution in [3.05, 3.63) is 84.2 Å². The number of imidazole rings is 1. The average Bonchev–Trinajstić information content (AvgIpc) is 3.24. The summed E-state index contributed by atoms with van der Waals surface area (Å²) in [6.07, 6.45) is 1.43. The Morgan fingerprint density at radius 3 is 2.56 bits per heavy atom. The smallest absolute Gasteiger partial charge is 0.251 e. The Balaban J connectivity index is 1.38. The number of nitrogens with zero attached hydrogens (tertiary/aromatic N) is 2. The van der Waals surface area contributed by atoms with E-state index in [-0.39, 0.29) is 5.91 Å². The minimum atomic E-state index is -0.133. The Morgan fingerprint density at radius 1 is 0.941 bits per heavy atom. The maximum atomic E-state index is 12.5. The van der Waals surface area contributed by atoms with Crippen LogP contribution in [0.15, 0.2) is 72.8 Å². The van der Waals surface area contributed by atoms with Crippen LogP contribution in [0.1, 0.15) is 22.6 Å². The van der Waals surface area contributed by atoms with Crippen molar-refractivity contribution >= 4 is 16.9 Å². The van der Waals surface area contributed by atoms with Gasteiger partial charge >= 0.3 is 0 Å². The Bertz CT molecular complexity index is 1250. The maximum Gasteiger partial charge on any atom is 0.251 e. The number of fused-ring (bicyclic) bond motifs is 1. The highest BCUT2D eigenvalue weighted by Crippen LogP contribution is 2.26.